The summed E-state index contributed by atoms with van der Waals surface area (Å²) in [5.74, 6) is 0.217. The van der Waals surface area contributed by atoms with E-state index in [4.69, 9.17) is 16.0 Å². The topological polar surface area (TPSA) is 45.5 Å². The maximum Gasteiger partial charge on any atom is 0.222 e. The van der Waals surface area contributed by atoms with Crippen molar-refractivity contribution in [3.8, 4) is 0 Å². The number of hydrogen-bond acceptors (Lipinski definition) is 3. The summed E-state index contributed by atoms with van der Waals surface area (Å²) < 4.78 is 5.54. The zero-order valence-electron chi connectivity index (χ0n) is 11.4. The lowest BCUT2D eigenvalue weighted by atomic mass is 10.1. The number of para-hydroxylation sites is 1. The molecule has 3 rings (SSSR count). The van der Waals surface area contributed by atoms with Crippen LogP contribution in [0.3, 0.4) is 0 Å². The molecule has 1 saturated heterocycles. The van der Waals surface area contributed by atoms with E-state index < -0.39 is 0 Å². The van der Waals surface area contributed by atoms with Crippen LogP contribution >= 0.6 is 11.6 Å². The van der Waals surface area contributed by atoms with Crippen molar-refractivity contribution in [3.63, 3.8) is 0 Å². The number of nitrogens with one attached hydrogen (secondary N) is 1. The second kappa shape index (κ2) is 5.46. The van der Waals surface area contributed by atoms with Crippen molar-refractivity contribution in [1.82, 2.24) is 10.2 Å². The highest BCUT2D eigenvalue weighted by molar-refractivity contribution is 6.30. The van der Waals surface area contributed by atoms with E-state index in [2.05, 4.69) is 5.32 Å². The fraction of sp³-hybridized carbons (Fsp3) is 0.400. The molecule has 106 valence electrons. The molecular weight excluding hydrogens is 276 g/mol. The van der Waals surface area contributed by atoms with E-state index in [9.17, 15) is 4.79 Å². The van der Waals surface area contributed by atoms with Gasteiger partial charge in [0, 0.05) is 43.5 Å². The van der Waals surface area contributed by atoms with E-state index in [1.165, 1.54) is 0 Å². The van der Waals surface area contributed by atoms with Gasteiger partial charge in [0.2, 0.25) is 5.91 Å². The Labute approximate surface area is 122 Å². The van der Waals surface area contributed by atoms with Gasteiger partial charge in [0.05, 0.1) is 0 Å². The number of likely N-dealkylation sites (N-methyl/N-ethyl adjacent to an activating group) is 1. The number of halogens is 1. The third kappa shape index (κ3) is 2.53. The molecular formula is C15H17ClN2O2. The molecule has 1 aromatic carbocycles. The van der Waals surface area contributed by atoms with Crippen LogP contribution in [0, 0.1) is 0 Å². The van der Waals surface area contributed by atoms with Crippen LogP contribution in [0.25, 0.3) is 11.0 Å². The largest absolute Gasteiger partial charge is 0.444 e. The van der Waals surface area contributed by atoms with Gasteiger partial charge in [-0.05, 0) is 24.1 Å². The van der Waals surface area contributed by atoms with Crippen molar-refractivity contribution in [3.05, 3.63) is 35.0 Å². The number of rotatable bonds is 3. The van der Waals surface area contributed by atoms with Crippen LogP contribution in [-0.4, -0.2) is 30.4 Å². The van der Waals surface area contributed by atoms with Gasteiger partial charge in [0.1, 0.15) is 5.58 Å². The van der Waals surface area contributed by atoms with E-state index >= 15 is 0 Å². The van der Waals surface area contributed by atoms with Gasteiger partial charge in [0.15, 0.2) is 5.22 Å². The summed E-state index contributed by atoms with van der Waals surface area (Å²) >= 11 is 6.17. The number of piperidine rings is 1. The monoisotopic (exact) mass is 292 g/mol. The Morgan fingerprint density at radius 1 is 1.45 bits per heavy atom. The van der Waals surface area contributed by atoms with Crippen LogP contribution in [-0.2, 0) is 11.3 Å². The average molecular weight is 293 g/mol. The highest BCUT2D eigenvalue weighted by atomic mass is 35.5. The molecule has 5 heteroatoms. The molecule has 4 nitrogen and oxygen atoms in total. The van der Waals surface area contributed by atoms with Crippen LogP contribution in [0.15, 0.2) is 28.7 Å². The summed E-state index contributed by atoms with van der Waals surface area (Å²) in [6.45, 7) is 1.40. The zero-order valence-corrected chi connectivity index (χ0v) is 12.1. The van der Waals surface area contributed by atoms with Gasteiger partial charge in [-0.1, -0.05) is 18.2 Å². The third-order valence-corrected chi connectivity index (χ3v) is 4.15. The van der Waals surface area contributed by atoms with E-state index in [-0.39, 0.29) is 5.91 Å². The molecule has 2 heterocycles. The van der Waals surface area contributed by atoms with E-state index in [0.29, 0.717) is 24.2 Å². The van der Waals surface area contributed by atoms with Crippen LogP contribution in [0.4, 0.5) is 0 Å². The van der Waals surface area contributed by atoms with E-state index in [1.54, 1.807) is 4.90 Å². The third-order valence-electron chi connectivity index (χ3n) is 3.84. The highest BCUT2D eigenvalue weighted by Gasteiger charge is 2.23. The Morgan fingerprint density at radius 3 is 3.05 bits per heavy atom. The van der Waals surface area contributed by atoms with E-state index in [0.717, 1.165) is 29.5 Å². The van der Waals surface area contributed by atoms with Gasteiger partial charge in [0.25, 0.3) is 0 Å². The standard InChI is InChI=1S/C15H17ClN2O2/c1-18-9-10(6-7-14(18)19)17-8-12-11-4-2-3-5-13(11)20-15(12)16/h2-5,10,17H,6-9H2,1H3. The van der Waals surface area contributed by atoms with Crippen molar-refractivity contribution in [1.29, 1.82) is 0 Å². The van der Waals surface area contributed by atoms with Gasteiger partial charge in [-0.15, -0.1) is 0 Å². The minimum Gasteiger partial charge on any atom is -0.444 e. The summed E-state index contributed by atoms with van der Waals surface area (Å²) in [6, 6.07) is 8.14. The minimum atomic E-state index is 0.217. The summed E-state index contributed by atoms with van der Waals surface area (Å²) in [6.07, 6.45) is 1.48. The van der Waals surface area contributed by atoms with Crippen LogP contribution < -0.4 is 5.32 Å². The Hall–Kier alpha value is -1.52. The molecule has 0 saturated carbocycles. The predicted molar refractivity (Wildman–Crippen MR) is 78.7 cm³/mol. The molecule has 2 aromatic rings. The summed E-state index contributed by atoms with van der Waals surface area (Å²) in [4.78, 5) is 13.2. The van der Waals surface area contributed by atoms with Gasteiger partial charge in [-0.3, -0.25) is 4.79 Å². The number of likely N-dealkylation sites (tertiary alicyclic amines) is 1. The lowest BCUT2D eigenvalue weighted by Crippen LogP contribution is -2.46. The fourth-order valence-electron chi connectivity index (χ4n) is 2.66. The number of nitrogens with zero attached hydrogens (tertiary/aromatic N) is 1. The normalized spacial score (nSPS) is 19.8. The number of hydrogen-bond donors (Lipinski definition) is 1. The Bertz CT molecular complexity index is 638. The lowest BCUT2D eigenvalue weighted by molar-refractivity contribution is -0.132. The first kappa shape index (κ1) is 13.5. The molecule has 0 spiro atoms. The molecule has 0 radical (unpaired) electrons. The number of amides is 1. The number of carbonyl (C=O) groups excluding carboxylic acids is 1. The van der Waals surface area contributed by atoms with E-state index in [1.807, 2.05) is 31.3 Å². The van der Waals surface area contributed by atoms with Crippen molar-refractivity contribution < 1.29 is 9.21 Å². The molecule has 1 fully saturated rings. The van der Waals surface area contributed by atoms with Crippen LogP contribution in [0.1, 0.15) is 18.4 Å². The molecule has 0 bridgehead atoms. The molecule has 1 aromatic heterocycles. The van der Waals surface area contributed by atoms with Gasteiger partial charge in [-0.2, -0.15) is 0 Å². The van der Waals surface area contributed by atoms with Crippen LogP contribution in [0.5, 0.6) is 0 Å². The molecule has 20 heavy (non-hydrogen) atoms. The Balaban J connectivity index is 1.71. The Kier molecular flexibility index (Phi) is 3.68. The number of carbonyl (C=O) groups is 1. The second-order valence-electron chi connectivity index (χ2n) is 5.24. The first-order valence-corrected chi connectivity index (χ1v) is 7.16. The maximum atomic E-state index is 11.5. The maximum absolute atomic E-state index is 11.5. The molecule has 1 N–H and O–H groups in total. The first-order valence-electron chi connectivity index (χ1n) is 6.78. The molecule has 0 aliphatic carbocycles. The minimum absolute atomic E-state index is 0.217. The number of furan rings is 1. The van der Waals surface area contributed by atoms with Gasteiger partial charge < -0.3 is 14.6 Å². The number of fused-ring (bicyclic) bond motifs is 1. The van der Waals surface area contributed by atoms with Crippen molar-refractivity contribution in [2.45, 2.75) is 25.4 Å². The molecule has 1 amide bonds. The summed E-state index contributed by atoms with van der Waals surface area (Å²) in [5, 5.41) is 4.96. The second-order valence-corrected chi connectivity index (χ2v) is 5.58. The molecule has 1 unspecified atom stereocenters. The first-order chi connectivity index (χ1) is 9.65. The smallest absolute Gasteiger partial charge is 0.222 e. The van der Waals surface area contributed by atoms with Gasteiger partial charge in [-0.25, -0.2) is 0 Å². The highest BCUT2D eigenvalue weighted by Crippen LogP contribution is 2.29. The SMILES string of the molecule is CN1CC(NCc2c(Cl)oc3ccccc23)CCC1=O. The van der Waals surface area contributed by atoms with Crippen molar-refractivity contribution in [2.24, 2.45) is 0 Å². The molecule has 1 aliphatic heterocycles. The number of benzene rings is 1. The average Bonchev–Trinajstić information content (AvgIpc) is 2.76. The van der Waals surface area contributed by atoms with Crippen molar-refractivity contribution >= 4 is 28.5 Å². The summed E-state index contributed by atoms with van der Waals surface area (Å²) in [5.41, 5.74) is 1.80. The lowest BCUT2D eigenvalue weighted by Gasteiger charge is -2.30. The Morgan fingerprint density at radius 2 is 2.25 bits per heavy atom. The zero-order chi connectivity index (χ0) is 14.1. The predicted octanol–water partition coefficient (Wildman–Crippen LogP) is 2.80. The van der Waals surface area contributed by atoms with Crippen molar-refractivity contribution in [2.75, 3.05) is 13.6 Å². The summed E-state index contributed by atoms with van der Waals surface area (Å²) in [7, 11) is 1.84. The molecule has 1 aliphatic rings. The molecule has 1 atom stereocenters. The van der Waals surface area contributed by atoms with Crippen LogP contribution in [0.2, 0.25) is 5.22 Å². The fourth-order valence-corrected chi connectivity index (χ4v) is 2.91. The van der Waals surface area contributed by atoms with Gasteiger partial charge >= 0.3 is 0 Å². The quantitative estimate of drug-likeness (QED) is 0.946.